The van der Waals surface area contributed by atoms with E-state index in [1.165, 1.54) is 29.8 Å². The highest BCUT2D eigenvalue weighted by molar-refractivity contribution is 6.00. The highest BCUT2D eigenvalue weighted by Gasteiger charge is 2.24. The summed E-state index contributed by atoms with van der Waals surface area (Å²) in [6.07, 6.45) is 4.02. The predicted molar refractivity (Wildman–Crippen MR) is 115 cm³/mol. The summed E-state index contributed by atoms with van der Waals surface area (Å²) in [7, 11) is 0. The molecule has 0 bridgehead atoms. The average Bonchev–Trinajstić information content (AvgIpc) is 3.25. The first kappa shape index (κ1) is 21.5. The van der Waals surface area contributed by atoms with Gasteiger partial charge >= 0.3 is 23.8 Å². The number of halogens is 1. The maximum Gasteiger partial charge on any atom is 0.320 e. The molecule has 0 spiro atoms. The van der Waals surface area contributed by atoms with E-state index in [1.807, 2.05) is 24.3 Å². The summed E-state index contributed by atoms with van der Waals surface area (Å²) < 4.78 is 18.3. The van der Waals surface area contributed by atoms with Gasteiger partial charge in [-0.1, -0.05) is 17.2 Å². The van der Waals surface area contributed by atoms with E-state index in [0.29, 0.717) is 17.3 Å². The second-order valence-corrected chi connectivity index (χ2v) is 7.94. The second kappa shape index (κ2) is 9.59. The molecule has 0 saturated heterocycles. The van der Waals surface area contributed by atoms with Crippen LogP contribution in [-0.2, 0) is 4.79 Å². The number of nitrogens with zero attached hydrogens (tertiary/aromatic N) is 2. The van der Waals surface area contributed by atoms with E-state index < -0.39 is 11.9 Å². The van der Waals surface area contributed by atoms with E-state index in [9.17, 15) is 14.0 Å². The molecule has 9 heteroatoms. The lowest BCUT2D eigenvalue weighted by Crippen LogP contribution is -2.16. The van der Waals surface area contributed by atoms with E-state index >= 15 is 0 Å². The normalized spacial score (nSPS) is 18.2. The molecule has 1 saturated carbocycles. The second-order valence-electron chi connectivity index (χ2n) is 7.94. The van der Waals surface area contributed by atoms with Crippen LogP contribution in [0.5, 0.6) is 0 Å². The number of nitrogens with one attached hydrogen (secondary N) is 2. The van der Waals surface area contributed by atoms with Gasteiger partial charge in [-0.3, -0.25) is 9.59 Å². The number of carbonyl (C=O) groups is 2. The number of anilines is 3. The molecular formula is C23H23FN4O4. The van der Waals surface area contributed by atoms with Crippen molar-refractivity contribution in [3.63, 3.8) is 0 Å². The van der Waals surface area contributed by atoms with Gasteiger partial charge in [0.15, 0.2) is 0 Å². The molecule has 1 aromatic heterocycles. The third-order valence-electron chi connectivity index (χ3n) is 5.66. The molecule has 1 amide bonds. The molecule has 8 nitrogen and oxygen atoms in total. The number of hydrogen-bond acceptors (Lipinski definition) is 6. The summed E-state index contributed by atoms with van der Waals surface area (Å²) in [4.78, 5) is 23.3. The number of amides is 1. The van der Waals surface area contributed by atoms with Crippen LogP contribution in [0.2, 0.25) is 0 Å². The minimum atomic E-state index is -0.729. The Morgan fingerprint density at radius 3 is 2.28 bits per heavy atom. The first-order valence-electron chi connectivity index (χ1n) is 10.5. The number of carboxylic acid groups (broad SMARTS) is 1. The molecule has 1 aliphatic carbocycles. The fourth-order valence-corrected chi connectivity index (χ4v) is 3.99. The van der Waals surface area contributed by atoms with Gasteiger partial charge in [0.1, 0.15) is 5.82 Å². The lowest BCUT2D eigenvalue weighted by atomic mass is 9.77. The summed E-state index contributed by atoms with van der Waals surface area (Å²) >= 11 is 0. The SMILES string of the molecule is O=C(O)C[C@H]1CC[C@H](c2ccc(NC(=O)c3nnc(Nc4ccc(F)cc4)o3)cc2)CC1. The van der Waals surface area contributed by atoms with Crippen LogP contribution in [0, 0.1) is 11.7 Å². The zero-order valence-electron chi connectivity index (χ0n) is 17.3. The molecular weight excluding hydrogens is 415 g/mol. The fraction of sp³-hybridized carbons (Fsp3) is 0.304. The van der Waals surface area contributed by atoms with E-state index in [2.05, 4.69) is 20.8 Å². The van der Waals surface area contributed by atoms with Gasteiger partial charge in [-0.15, -0.1) is 5.10 Å². The van der Waals surface area contributed by atoms with Gasteiger partial charge < -0.3 is 20.2 Å². The van der Waals surface area contributed by atoms with Gasteiger partial charge in [-0.25, -0.2) is 4.39 Å². The molecule has 3 aromatic rings. The van der Waals surface area contributed by atoms with Crippen molar-refractivity contribution < 1.29 is 23.5 Å². The van der Waals surface area contributed by atoms with E-state index in [4.69, 9.17) is 9.52 Å². The summed E-state index contributed by atoms with van der Waals surface area (Å²) in [6, 6.07) is 13.2. The zero-order chi connectivity index (χ0) is 22.5. The van der Waals surface area contributed by atoms with Gasteiger partial charge in [0.25, 0.3) is 0 Å². The molecule has 166 valence electrons. The Hall–Kier alpha value is -3.75. The largest absolute Gasteiger partial charge is 0.481 e. The number of rotatable bonds is 7. The van der Waals surface area contributed by atoms with Gasteiger partial charge in [-0.2, -0.15) is 0 Å². The standard InChI is InChI=1S/C23H23FN4O4/c24-17-7-11-19(12-8-17)26-23-28-27-22(32-23)21(31)25-18-9-5-16(6-10-18)15-3-1-14(2-4-15)13-20(29)30/h5-12,14-15H,1-4,13H2,(H,25,31)(H,26,28)(H,29,30)/t14-,15-. The molecule has 3 N–H and O–H groups in total. The van der Waals surface area contributed by atoms with Crippen molar-refractivity contribution in [2.75, 3.05) is 10.6 Å². The molecule has 0 aliphatic heterocycles. The number of hydrogen-bond donors (Lipinski definition) is 3. The number of aliphatic carboxylic acids is 1. The average molecular weight is 438 g/mol. The van der Waals surface area contributed by atoms with Crippen LogP contribution in [0.15, 0.2) is 52.9 Å². The minimum absolute atomic E-state index is 0.0237. The maximum atomic E-state index is 13.0. The molecule has 1 heterocycles. The van der Waals surface area contributed by atoms with E-state index in [1.54, 1.807) is 0 Å². The molecule has 1 fully saturated rings. The predicted octanol–water partition coefficient (Wildman–Crippen LogP) is 4.95. The Morgan fingerprint density at radius 1 is 0.969 bits per heavy atom. The molecule has 2 aromatic carbocycles. The van der Waals surface area contributed by atoms with Crippen molar-refractivity contribution in [3.8, 4) is 0 Å². The van der Waals surface area contributed by atoms with Crippen molar-refractivity contribution in [2.24, 2.45) is 5.92 Å². The molecule has 32 heavy (non-hydrogen) atoms. The van der Waals surface area contributed by atoms with Gasteiger partial charge in [0.2, 0.25) is 0 Å². The Morgan fingerprint density at radius 2 is 1.62 bits per heavy atom. The zero-order valence-corrected chi connectivity index (χ0v) is 17.3. The van der Waals surface area contributed by atoms with Crippen LogP contribution in [0.4, 0.5) is 21.8 Å². The van der Waals surface area contributed by atoms with Crippen molar-refractivity contribution >= 4 is 29.3 Å². The minimum Gasteiger partial charge on any atom is -0.481 e. The summed E-state index contributed by atoms with van der Waals surface area (Å²) in [5, 5.41) is 22.0. The monoisotopic (exact) mass is 438 g/mol. The topological polar surface area (TPSA) is 117 Å². The lowest BCUT2D eigenvalue weighted by molar-refractivity contribution is -0.138. The Balaban J connectivity index is 1.31. The number of aromatic nitrogens is 2. The van der Waals surface area contributed by atoms with Crippen molar-refractivity contribution in [2.45, 2.75) is 38.0 Å². The van der Waals surface area contributed by atoms with Gasteiger partial charge in [0.05, 0.1) is 0 Å². The maximum absolute atomic E-state index is 13.0. The molecule has 4 rings (SSSR count). The smallest absolute Gasteiger partial charge is 0.320 e. The van der Waals surface area contributed by atoms with Gasteiger partial charge in [-0.05, 0) is 79.5 Å². The number of carbonyl (C=O) groups excluding carboxylic acids is 1. The van der Waals surface area contributed by atoms with Crippen LogP contribution in [0.25, 0.3) is 0 Å². The Kier molecular flexibility index (Phi) is 6.44. The fourth-order valence-electron chi connectivity index (χ4n) is 3.99. The number of benzene rings is 2. The highest BCUT2D eigenvalue weighted by atomic mass is 19.1. The third-order valence-corrected chi connectivity index (χ3v) is 5.66. The molecule has 0 radical (unpaired) electrons. The van der Waals surface area contributed by atoms with Gasteiger partial charge in [0, 0.05) is 17.8 Å². The van der Waals surface area contributed by atoms with Crippen LogP contribution in [0.1, 0.15) is 54.3 Å². The third kappa shape index (κ3) is 5.48. The summed E-state index contributed by atoms with van der Waals surface area (Å²) in [6.45, 7) is 0. The molecule has 0 unspecified atom stereocenters. The molecule has 0 atom stereocenters. The first-order valence-corrected chi connectivity index (χ1v) is 10.5. The first-order chi connectivity index (χ1) is 15.5. The van der Waals surface area contributed by atoms with Crippen LogP contribution >= 0.6 is 0 Å². The van der Waals surface area contributed by atoms with Crippen molar-refractivity contribution in [1.82, 2.24) is 10.2 Å². The lowest BCUT2D eigenvalue weighted by Gasteiger charge is -2.28. The molecule has 1 aliphatic rings. The van der Waals surface area contributed by atoms with E-state index in [-0.39, 0.29) is 30.1 Å². The highest BCUT2D eigenvalue weighted by Crippen LogP contribution is 2.37. The van der Waals surface area contributed by atoms with Crippen LogP contribution in [-0.4, -0.2) is 27.2 Å². The van der Waals surface area contributed by atoms with Crippen LogP contribution < -0.4 is 10.6 Å². The van der Waals surface area contributed by atoms with E-state index in [0.717, 1.165) is 25.7 Å². The summed E-state index contributed by atoms with van der Waals surface area (Å²) in [5.41, 5.74) is 2.33. The Bertz CT molecular complexity index is 1070. The Labute approximate surface area is 183 Å². The summed E-state index contributed by atoms with van der Waals surface area (Å²) in [5.74, 6) is -1.16. The van der Waals surface area contributed by atoms with Crippen molar-refractivity contribution in [3.05, 3.63) is 65.8 Å². The van der Waals surface area contributed by atoms with Crippen molar-refractivity contribution in [1.29, 1.82) is 0 Å². The number of carboxylic acids is 1. The quantitative estimate of drug-likeness (QED) is 0.477. The van der Waals surface area contributed by atoms with Crippen LogP contribution in [0.3, 0.4) is 0 Å².